The minimum Gasteiger partial charge on any atom is -0.496 e. The van der Waals surface area contributed by atoms with Crippen molar-refractivity contribution in [3.63, 3.8) is 0 Å². The van der Waals surface area contributed by atoms with Crippen molar-refractivity contribution >= 4 is 40.9 Å². The summed E-state index contributed by atoms with van der Waals surface area (Å²) < 4.78 is 17.1. The van der Waals surface area contributed by atoms with E-state index in [0.29, 0.717) is 26.8 Å². The van der Waals surface area contributed by atoms with E-state index in [0.717, 1.165) is 11.3 Å². The summed E-state index contributed by atoms with van der Waals surface area (Å²) in [5.41, 5.74) is 0.528. The maximum absolute atomic E-state index is 13.4. The van der Waals surface area contributed by atoms with Gasteiger partial charge in [0.15, 0.2) is 4.80 Å². The number of methoxy groups -OCH3 is 2. The number of furan rings is 1. The van der Waals surface area contributed by atoms with Gasteiger partial charge in [0.2, 0.25) is 0 Å². The second kappa shape index (κ2) is 8.68. The number of allylic oxidation sites excluding steroid dienone is 1. The normalized spacial score (nSPS) is 15.8. The number of halogens is 1. The second-order valence-corrected chi connectivity index (χ2v) is 8.34. The van der Waals surface area contributed by atoms with Crippen LogP contribution in [0.15, 0.2) is 55.8 Å². The number of rotatable bonds is 5. The van der Waals surface area contributed by atoms with Crippen molar-refractivity contribution < 1.29 is 23.6 Å². The van der Waals surface area contributed by atoms with E-state index < -0.39 is 28.4 Å². The summed E-state index contributed by atoms with van der Waals surface area (Å²) in [4.78, 5) is 41.1. The van der Waals surface area contributed by atoms with Gasteiger partial charge in [0, 0.05) is 16.7 Å². The van der Waals surface area contributed by atoms with Crippen LogP contribution >= 0.6 is 22.9 Å². The highest BCUT2D eigenvalue weighted by atomic mass is 35.5. The highest BCUT2D eigenvalue weighted by molar-refractivity contribution is 7.07. The number of hydrogen-bond acceptors (Lipinski definition) is 9. The average molecular weight is 490 g/mol. The molecule has 0 saturated heterocycles. The molecule has 1 aliphatic rings. The van der Waals surface area contributed by atoms with Crippen molar-refractivity contribution in [3.05, 3.63) is 87.8 Å². The Labute approximate surface area is 194 Å². The molecule has 0 saturated carbocycles. The average Bonchev–Trinajstić information content (AvgIpc) is 3.37. The summed E-state index contributed by atoms with van der Waals surface area (Å²) >= 11 is 7.28. The number of nitrogens with zero attached hydrogens (tertiary/aromatic N) is 3. The predicted octanol–water partition coefficient (Wildman–Crippen LogP) is 2.57. The molecule has 33 heavy (non-hydrogen) atoms. The van der Waals surface area contributed by atoms with E-state index in [-0.39, 0.29) is 15.9 Å². The second-order valence-electron chi connectivity index (χ2n) is 6.89. The number of carbonyl (C=O) groups excluding carboxylic acids is 1. The summed E-state index contributed by atoms with van der Waals surface area (Å²) in [6.45, 7) is 1.64. The quantitative estimate of drug-likeness (QED) is 0.306. The zero-order chi connectivity index (χ0) is 23.9. The molecule has 1 aromatic carbocycles. The SMILES string of the molecule is COC(=O)C1=C(C)N=c2s/c(=C\c3ccc([N+](=O)[O-])o3)c(=O)n2[C@H]1c1cc(Cl)ccc1OC. The van der Waals surface area contributed by atoms with Crippen LogP contribution < -0.4 is 19.6 Å². The number of thiazole rings is 1. The molecule has 170 valence electrons. The van der Waals surface area contributed by atoms with Gasteiger partial charge in [-0.05, 0) is 31.2 Å². The third-order valence-corrected chi connectivity index (χ3v) is 6.20. The lowest BCUT2D eigenvalue weighted by Crippen LogP contribution is -2.40. The molecular weight excluding hydrogens is 474 g/mol. The number of fused-ring (bicyclic) bond motifs is 1. The number of ether oxygens (including phenoxy) is 2. The molecule has 10 nitrogen and oxygen atoms in total. The zero-order valence-electron chi connectivity index (χ0n) is 17.5. The predicted molar refractivity (Wildman–Crippen MR) is 119 cm³/mol. The first-order valence-electron chi connectivity index (χ1n) is 9.43. The molecule has 1 atom stereocenters. The van der Waals surface area contributed by atoms with Gasteiger partial charge < -0.3 is 13.9 Å². The Balaban J connectivity index is 2.00. The van der Waals surface area contributed by atoms with Gasteiger partial charge in [-0.2, -0.15) is 0 Å². The van der Waals surface area contributed by atoms with Crippen LogP contribution in [0.3, 0.4) is 0 Å². The minimum atomic E-state index is -0.921. The topological polar surface area (TPSA) is 126 Å². The van der Waals surface area contributed by atoms with Crippen LogP contribution in [-0.4, -0.2) is 29.7 Å². The maximum Gasteiger partial charge on any atom is 0.433 e. The highest BCUT2D eigenvalue weighted by Gasteiger charge is 2.35. The van der Waals surface area contributed by atoms with Crippen molar-refractivity contribution in [3.8, 4) is 5.75 Å². The smallest absolute Gasteiger partial charge is 0.433 e. The third kappa shape index (κ3) is 3.96. The Bertz CT molecular complexity index is 1500. The fourth-order valence-corrected chi connectivity index (χ4v) is 4.76. The Kier molecular flexibility index (Phi) is 5.91. The number of benzene rings is 1. The molecule has 0 unspecified atom stereocenters. The zero-order valence-corrected chi connectivity index (χ0v) is 19.1. The first-order valence-corrected chi connectivity index (χ1v) is 10.6. The van der Waals surface area contributed by atoms with E-state index >= 15 is 0 Å². The summed E-state index contributed by atoms with van der Waals surface area (Å²) in [5.74, 6) is -0.553. The van der Waals surface area contributed by atoms with Crippen LogP contribution in [0, 0.1) is 10.1 Å². The maximum atomic E-state index is 13.4. The monoisotopic (exact) mass is 489 g/mol. The van der Waals surface area contributed by atoms with Crippen LogP contribution in [0.25, 0.3) is 6.08 Å². The molecule has 0 bridgehead atoms. The van der Waals surface area contributed by atoms with Crippen LogP contribution in [0.4, 0.5) is 5.88 Å². The van der Waals surface area contributed by atoms with Gasteiger partial charge in [0.05, 0.1) is 36.1 Å². The Morgan fingerprint density at radius 2 is 2.09 bits per heavy atom. The van der Waals surface area contributed by atoms with E-state index in [4.69, 9.17) is 25.5 Å². The van der Waals surface area contributed by atoms with Crippen LogP contribution in [0.2, 0.25) is 5.02 Å². The van der Waals surface area contributed by atoms with E-state index in [1.165, 1.54) is 37.0 Å². The van der Waals surface area contributed by atoms with Crippen molar-refractivity contribution in [1.29, 1.82) is 0 Å². The molecule has 0 amide bonds. The fourth-order valence-electron chi connectivity index (χ4n) is 3.55. The minimum absolute atomic E-state index is 0.132. The van der Waals surface area contributed by atoms with Crippen molar-refractivity contribution in [1.82, 2.24) is 4.57 Å². The molecule has 0 N–H and O–H groups in total. The number of nitro groups is 1. The first-order chi connectivity index (χ1) is 15.7. The van der Waals surface area contributed by atoms with Gasteiger partial charge in [-0.1, -0.05) is 22.9 Å². The summed E-state index contributed by atoms with van der Waals surface area (Å²) in [5, 5.41) is 11.3. The molecule has 3 aromatic rings. The number of carbonyl (C=O) groups is 1. The van der Waals surface area contributed by atoms with E-state index in [9.17, 15) is 19.7 Å². The van der Waals surface area contributed by atoms with Crippen molar-refractivity contribution in [2.24, 2.45) is 4.99 Å². The molecule has 1 aliphatic heterocycles. The molecular formula is C21H16ClN3O7S. The lowest BCUT2D eigenvalue weighted by Gasteiger charge is -2.25. The van der Waals surface area contributed by atoms with Crippen molar-refractivity contribution in [2.45, 2.75) is 13.0 Å². The molecule has 0 aliphatic carbocycles. The molecule has 2 aromatic heterocycles. The van der Waals surface area contributed by atoms with Gasteiger partial charge in [0.25, 0.3) is 5.56 Å². The number of hydrogen-bond donors (Lipinski definition) is 0. The standard InChI is InChI=1S/C21H16ClN3O7S/c1-10-17(20(27)31-3)18(13-8-11(22)4-6-14(13)30-2)24-19(26)15(33-21(24)23-10)9-12-5-7-16(32-12)25(28)29/h4-9,18H,1-3H3/b15-9-/t18-/m0/s1. The van der Waals surface area contributed by atoms with Gasteiger partial charge in [-0.15, -0.1) is 0 Å². The molecule has 3 heterocycles. The summed E-state index contributed by atoms with van der Waals surface area (Å²) in [6, 6.07) is 6.54. The van der Waals surface area contributed by atoms with Gasteiger partial charge in [-0.3, -0.25) is 19.5 Å². The lowest BCUT2D eigenvalue weighted by atomic mass is 9.95. The lowest BCUT2D eigenvalue weighted by molar-refractivity contribution is -0.402. The van der Waals surface area contributed by atoms with Gasteiger partial charge in [-0.25, -0.2) is 9.79 Å². The van der Waals surface area contributed by atoms with Crippen LogP contribution in [-0.2, 0) is 9.53 Å². The molecule has 0 spiro atoms. The Hall–Kier alpha value is -3.70. The Morgan fingerprint density at radius 1 is 1.33 bits per heavy atom. The van der Waals surface area contributed by atoms with Crippen LogP contribution in [0.1, 0.15) is 24.3 Å². The van der Waals surface area contributed by atoms with Gasteiger partial charge in [0.1, 0.15) is 22.5 Å². The molecule has 0 radical (unpaired) electrons. The molecule has 12 heteroatoms. The van der Waals surface area contributed by atoms with Gasteiger partial charge >= 0.3 is 11.9 Å². The van der Waals surface area contributed by atoms with E-state index in [1.807, 2.05) is 0 Å². The largest absolute Gasteiger partial charge is 0.496 e. The summed E-state index contributed by atoms with van der Waals surface area (Å²) in [6.07, 6.45) is 1.39. The first kappa shape index (κ1) is 22.5. The van der Waals surface area contributed by atoms with Crippen LogP contribution in [0.5, 0.6) is 5.75 Å². The van der Waals surface area contributed by atoms with E-state index in [1.54, 1.807) is 25.1 Å². The van der Waals surface area contributed by atoms with Crippen molar-refractivity contribution in [2.75, 3.05) is 14.2 Å². The molecule has 4 rings (SSSR count). The summed E-state index contributed by atoms with van der Waals surface area (Å²) in [7, 11) is 2.71. The number of esters is 1. The molecule has 0 fully saturated rings. The highest BCUT2D eigenvalue weighted by Crippen LogP contribution is 2.37. The third-order valence-electron chi connectivity index (χ3n) is 4.98. The Morgan fingerprint density at radius 3 is 2.73 bits per heavy atom. The number of aromatic nitrogens is 1. The van der Waals surface area contributed by atoms with E-state index in [2.05, 4.69) is 4.99 Å². The fraction of sp³-hybridized carbons (Fsp3) is 0.190.